The summed E-state index contributed by atoms with van der Waals surface area (Å²) < 4.78 is 72.2. The third-order valence-electron chi connectivity index (χ3n) is 6.20. The van der Waals surface area contributed by atoms with Crippen LogP contribution in [0.2, 0.25) is 0 Å². The van der Waals surface area contributed by atoms with E-state index in [2.05, 4.69) is 10.6 Å². The van der Waals surface area contributed by atoms with Gasteiger partial charge in [0.25, 0.3) is 23.2 Å². The number of rotatable bonds is 10. The zero-order chi connectivity index (χ0) is 33.8. The second-order valence-corrected chi connectivity index (χ2v) is 12.0. The van der Waals surface area contributed by atoms with E-state index in [1.54, 1.807) is 0 Å². The molecule has 0 radical (unpaired) electrons. The van der Waals surface area contributed by atoms with E-state index in [1.807, 2.05) is 0 Å². The minimum Gasteiger partial charge on any atom is -0.744 e. The van der Waals surface area contributed by atoms with Gasteiger partial charge in [0.2, 0.25) is 0 Å². The van der Waals surface area contributed by atoms with E-state index in [9.17, 15) is 55.8 Å². The van der Waals surface area contributed by atoms with Crippen molar-refractivity contribution in [2.24, 2.45) is 0 Å². The van der Waals surface area contributed by atoms with Crippen molar-refractivity contribution in [1.82, 2.24) is 0 Å². The molecule has 0 aromatic heterocycles. The predicted molar refractivity (Wildman–Crippen MR) is 160 cm³/mol. The first-order valence-corrected chi connectivity index (χ1v) is 15.3. The maximum atomic E-state index is 12.5. The standard InChI is InChI=1S/C28H20N4O12S2.2Na/c33-27(19-5-11-23(12-6-19)31(35)36)29-21-9-3-17(25(15-21)45(39,40)41)1-2-18-4-10-22(16-26(18)46(42,43)44)30-28(34)20-7-13-24(14-8-20)32(37)38;;/h1-16H,(H,29,33)(H,30,34)(H,39,40,41)(H,42,43,44);;/q;2*+1/p-2/b2-1+;;. The van der Waals surface area contributed by atoms with Crippen molar-refractivity contribution in [3.63, 3.8) is 0 Å². The number of benzene rings is 4. The normalized spacial score (nSPS) is 11.1. The first kappa shape index (κ1) is 40.4. The monoisotopic (exact) mass is 712 g/mol. The minimum absolute atomic E-state index is 0. The molecule has 0 aliphatic rings. The van der Waals surface area contributed by atoms with E-state index in [0.29, 0.717) is 0 Å². The Morgan fingerprint density at radius 3 is 1.15 bits per heavy atom. The molecule has 0 bridgehead atoms. The number of nitro groups is 2. The van der Waals surface area contributed by atoms with Crippen LogP contribution >= 0.6 is 0 Å². The van der Waals surface area contributed by atoms with Gasteiger partial charge >= 0.3 is 59.1 Å². The number of non-ortho nitro benzene ring substituents is 2. The summed E-state index contributed by atoms with van der Waals surface area (Å²) in [6.07, 6.45) is 2.09. The van der Waals surface area contributed by atoms with Gasteiger partial charge in [-0.05, 0) is 59.7 Å². The molecular weight excluding hydrogens is 694 g/mol. The zero-order valence-corrected chi connectivity index (χ0v) is 30.5. The molecule has 0 saturated carbocycles. The fourth-order valence-electron chi connectivity index (χ4n) is 3.99. The van der Waals surface area contributed by atoms with E-state index in [1.165, 1.54) is 36.4 Å². The number of amides is 2. The molecule has 0 spiro atoms. The Bertz CT molecular complexity index is 1990. The predicted octanol–water partition coefficient (Wildman–Crippen LogP) is -2.01. The fraction of sp³-hybridized carbons (Fsp3) is 0. The second kappa shape index (κ2) is 16.5. The van der Waals surface area contributed by atoms with Crippen molar-refractivity contribution in [2.75, 3.05) is 10.6 Å². The number of nitrogens with one attached hydrogen (secondary N) is 2. The Hall–Kier alpha value is -3.82. The summed E-state index contributed by atoms with van der Waals surface area (Å²) >= 11 is 0. The van der Waals surface area contributed by atoms with Crippen molar-refractivity contribution in [1.29, 1.82) is 0 Å². The molecule has 0 atom stereocenters. The molecule has 20 heteroatoms. The van der Waals surface area contributed by atoms with Crippen LogP contribution in [0.15, 0.2) is 94.7 Å². The number of carbonyl (C=O) groups excluding carboxylic acids is 2. The average molecular weight is 713 g/mol. The van der Waals surface area contributed by atoms with Crippen molar-refractivity contribution in [3.05, 3.63) is 127 Å². The van der Waals surface area contributed by atoms with Crippen LogP contribution < -0.4 is 69.7 Å². The van der Waals surface area contributed by atoms with Crippen LogP contribution in [0.3, 0.4) is 0 Å². The summed E-state index contributed by atoms with van der Waals surface area (Å²) in [4.78, 5) is 43.8. The third kappa shape index (κ3) is 10.3. The molecule has 16 nitrogen and oxygen atoms in total. The van der Waals surface area contributed by atoms with Crippen LogP contribution in [0, 0.1) is 20.2 Å². The van der Waals surface area contributed by atoms with Crippen molar-refractivity contribution < 1.29 is 104 Å². The first-order valence-electron chi connectivity index (χ1n) is 12.5. The Kier molecular flexibility index (Phi) is 13.9. The minimum atomic E-state index is -5.16. The average Bonchev–Trinajstić information content (AvgIpc) is 2.99. The molecule has 4 aromatic carbocycles. The molecule has 2 N–H and O–H groups in total. The van der Waals surface area contributed by atoms with Crippen LogP contribution in [0.4, 0.5) is 22.7 Å². The quantitative estimate of drug-likeness (QED) is 0.0595. The summed E-state index contributed by atoms with van der Waals surface area (Å²) in [5.41, 5.74) is -1.22. The Labute approximate surface area is 316 Å². The molecule has 236 valence electrons. The summed E-state index contributed by atoms with van der Waals surface area (Å²) in [6.45, 7) is 0. The largest absolute Gasteiger partial charge is 1.00 e. The van der Waals surface area contributed by atoms with E-state index < -0.39 is 51.7 Å². The topological polar surface area (TPSA) is 259 Å². The van der Waals surface area contributed by atoms with Gasteiger partial charge in [0.05, 0.1) is 19.6 Å². The Balaban J connectivity index is 0.00000400. The SMILES string of the molecule is O=C(Nc1ccc(/C=C/c2ccc(NC(=O)c3ccc([N+](=O)[O-])cc3)cc2S(=O)(=O)[O-])c(S(=O)(=O)[O-])c1)c1ccc([N+](=O)[O-])cc1.[Na+].[Na+]. The van der Waals surface area contributed by atoms with Crippen LogP contribution in [-0.2, 0) is 20.2 Å². The smallest absolute Gasteiger partial charge is 0.744 e. The Morgan fingerprint density at radius 2 is 0.875 bits per heavy atom. The van der Waals surface area contributed by atoms with Crippen molar-refractivity contribution in [2.45, 2.75) is 9.79 Å². The van der Waals surface area contributed by atoms with Gasteiger partial charge in [-0.25, -0.2) is 16.8 Å². The van der Waals surface area contributed by atoms with Gasteiger partial charge in [0.1, 0.15) is 20.2 Å². The summed E-state index contributed by atoms with van der Waals surface area (Å²) in [5.74, 6) is -1.53. The summed E-state index contributed by atoms with van der Waals surface area (Å²) in [5, 5.41) is 26.4. The van der Waals surface area contributed by atoms with Crippen molar-refractivity contribution in [3.8, 4) is 0 Å². The van der Waals surface area contributed by atoms with Crippen LogP contribution in [0.5, 0.6) is 0 Å². The molecule has 4 rings (SSSR count). The molecule has 48 heavy (non-hydrogen) atoms. The molecule has 4 aromatic rings. The first-order chi connectivity index (χ1) is 21.5. The second-order valence-electron chi connectivity index (χ2n) is 9.26. The van der Waals surface area contributed by atoms with Crippen LogP contribution in [0.25, 0.3) is 12.2 Å². The number of anilines is 2. The summed E-state index contributed by atoms with van der Waals surface area (Å²) in [6, 6.07) is 15.5. The molecule has 2 amide bonds. The maximum absolute atomic E-state index is 12.5. The van der Waals surface area contributed by atoms with Gasteiger partial charge < -0.3 is 19.7 Å². The van der Waals surface area contributed by atoms with Crippen LogP contribution in [0.1, 0.15) is 31.8 Å². The molecule has 0 heterocycles. The van der Waals surface area contributed by atoms with E-state index in [4.69, 9.17) is 0 Å². The molecule has 0 aliphatic heterocycles. The van der Waals surface area contributed by atoms with Gasteiger partial charge in [-0.2, -0.15) is 0 Å². The number of carbonyl (C=O) groups is 2. The molecule has 0 unspecified atom stereocenters. The van der Waals surface area contributed by atoms with Gasteiger partial charge in [0, 0.05) is 46.8 Å². The number of nitrogens with zero attached hydrogens (tertiary/aromatic N) is 2. The molecule has 0 saturated heterocycles. The summed E-state index contributed by atoms with van der Waals surface area (Å²) in [7, 11) is -10.3. The van der Waals surface area contributed by atoms with E-state index in [0.717, 1.165) is 60.7 Å². The zero-order valence-electron chi connectivity index (χ0n) is 24.8. The molecular formula is C28H18N4Na2O12S2. The molecule has 0 aliphatic carbocycles. The maximum Gasteiger partial charge on any atom is 1.00 e. The number of nitro benzene ring substituents is 2. The van der Waals surface area contributed by atoms with Gasteiger partial charge in [-0.1, -0.05) is 24.3 Å². The third-order valence-corrected chi connectivity index (χ3v) is 7.99. The number of hydrogen-bond acceptors (Lipinski definition) is 12. The van der Waals surface area contributed by atoms with E-state index in [-0.39, 0.29) is 104 Å². The van der Waals surface area contributed by atoms with Crippen molar-refractivity contribution >= 4 is 67.0 Å². The van der Waals surface area contributed by atoms with Gasteiger partial charge in [0.15, 0.2) is 0 Å². The molecule has 0 fully saturated rings. The number of hydrogen-bond donors (Lipinski definition) is 2. The van der Waals surface area contributed by atoms with Gasteiger partial charge in [-0.3, -0.25) is 29.8 Å². The fourth-order valence-corrected chi connectivity index (χ4v) is 5.38. The van der Waals surface area contributed by atoms with E-state index >= 15 is 0 Å². The van der Waals surface area contributed by atoms with Gasteiger partial charge in [-0.15, -0.1) is 0 Å². The van der Waals surface area contributed by atoms with Crippen LogP contribution in [-0.4, -0.2) is 47.6 Å². The Morgan fingerprint density at radius 1 is 0.562 bits per heavy atom.